The van der Waals surface area contributed by atoms with Crippen molar-refractivity contribution >= 4 is 30.2 Å². The number of piperazine rings is 1. The van der Waals surface area contributed by atoms with Gasteiger partial charge in [-0.2, -0.15) is 4.98 Å². The van der Waals surface area contributed by atoms with E-state index in [0.29, 0.717) is 26.2 Å². The van der Waals surface area contributed by atoms with Crippen molar-refractivity contribution in [2.24, 2.45) is 17.6 Å². The van der Waals surface area contributed by atoms with Crippen LogP contribution in [0.3, 0.4) is 0 Å². The lowest BCUT2D eigenvalue weighted by Gasteiger charge is -2.37. The molecule has 1 aromatic carbocycles. The highest BCUT2D eigenvalue weighted by molar-refractivity contribution is 5.89. The van der Waals surface area contributed by atoms with Crippen LogP contribution in [0.5, 0.6) is 0 Å². The van der Waals surface area contributed by atoms with Gasteiger partial charge in [0, 0.05) is 52.0 Å². The predicted molar refractivity (Wildman–Crippen MR) is 148 cm³/mol. The maximum atomic E-state index is 12.7. The minimum Gasteiger partial charge on any atom is -0.338 e. The second-order valence-corrected chi connectivity index (χ2v) is 10.9. The summed E-state index contributed by atoms with van der Waals surface area (Å²) in [6.45, 7) is 10.4. The summed E-state index contributed by atoms with van der Waals surface area (Å²) < 4.78 is 1.46. The topological polar surface area (TPSA) is 129 Å². The third kappa shape index (κ3) is 6.17. The molecule has 3 aliphatic rings. The Morgan fingerprint density at radius 3 is 2.21 bits per heavy atom. The Bertz CT molecular complexity index is 1190. The number of fused-ring (bicyclic) bond motifs is 1. The number of urea groups is 1. The number of amides is 3. The lowest BCUT2D eigenvalue weighted by Crippen LogP contribution is -2.58. The van der Waals surface area contributed by atoms with E-state index in [2.05, 4.69) is 32.7 Å². The van der Waals surface area contributed by atoms with Gasteiger partial charge in [-0.3, -0.25) is 19.6 Å². The summed E-state index contributed by atoms with van der Waals surface area (Å²) in [5.74, 6) is 1.58. The first kappa shape index (κ1) is 28.0. The fraction of sp³-hybridized carbons (Fsp3) is 0.538. The molecule has 3 aliphatic heterocycles. The average Bonchev–Trinajstić information content (AvgIpc) is 3.46. The van der Waals surface area contributed by atoms with Crippen molar-refractivity contribution in [3.05, 3.63) is 52.6 Å². The van der Waals surface area contributed by atoms with Crippen molar-refractivity contribution < 1.29 is 9.59 Å². The minimum atomic E-state index is -0.941. The zero-order chi connectivity index (χ0) is 26.2. The first-order valence-electron chi connectivity index (χ1n) is 12.9. The van der Waals surface area contributed by atoms with Crippen LogP contribution in [0.1, 0.15) is 19.4 Å². The highest BCUT2D eigenvalue weighted by Crippen LogP contribution is 2.27. The van der Waals surface area contributed by atoms with Crippen molar-refractivity contribution in [2.45, 2.75) is 25.9 Å². The third-order valence-corrected chi connectivity index (χ3v) is 7.53. The number of benzene rings is 1. The standard InChI is InChI=1S/C26H36N8O3.ClH/c1-26(2,27)23(35)32-9-11-33(12-10-32)24(36)29-22-7-8-34(25(37)30-22)21-5-3-18(4-6-21)15-31-16-19-13-28-14-20(19)17-31;/h3-8,19-20,28H,9-17,27H2,1-2H3,(H,29,30,36,37);1H. The number of carbonyl (C=O) groups is 2. The molecule has 0 bridgehead atoms. The molecule has 3 saturated heterocycles. The van der Waals surface area contributed by atoms with Crippen LogP contribution < -0.4 is 22.1 Å². The van der Waals surface area contributed by atoms with Crippen molar-refractivity contribution in [1.29, 1.82) is 0 Å². The largest absolute Gasteiger partial charge is 0.354 e. The van der Waals surface area contributed by atoms with E-state index in [1.165, 1.54) is 10.1 Å². The summed E-state index contributed by atoms with van der Waals surface area (Å²) >= 11 is 0. The molecule has 38 heavy (non-hydrogen) atoms. The van der Waals surface area contributed by atoms with E-state index >= 15 is 0 Å². The number of anilines is 1. The summed E-state index contributed by atoms with van der Waals surface area (Å²) in [6.07, 6.45) is 1.62. The Morgan fingerprint density at radius 1 is 1.03 bits per heavy atom. The molecule has 206 valence electrons. The van der Waals surface area contributed by atoms with E-state index < -0.39 is 11.2 Å². The van der Waals surface area contributed by atoms with Crippen LogP contribution in [0.4, 0.5) is 10.6 Å². The molecule has 0 radical (unpaired) electrons. The number of hydrogen-bond donors (Lipinski definition) is 3. The predicted octanol–water partition coefficient (Wildman–Crippen LogP) is 0.719. The highest BCUT2D eigenvalue weighted by atomic mass is 35.5. The number of nitrogens with zero attached hydrogens (tertiary/aromatic N) is 5. The Kier molecular flexibility index (Phi) is 8.41. The van der Waals surface area contributed by atoms with Gasteiger partial charge in [0.2, 0.25) is 5.91 Å². The van der Waals surface area contributed by atoms with Crippen molar-refractivity contribution in [3.63, 3.8) is 0 Å². The maximum absolute atomic E-state index is 12.7. The van der Waals surface area contributed by atoms with Crippen molar-refractivity contribution in [2.75, 3.05) is 57.7 Å². The fourth-order valence-corrected chi connectivity index (χ4v) is 5.48. The molecule has 0 saturated carbocycles. The molecule has 12 heteroatoms. The second-order valence-electron chi connectivity index (χ2n) is 10.9. The molecule has 4 heterocycles. The number of nitrogens with two attached hydrogens (primary N) is 1. The molecule has 2 aromatic rings. The molecule has 1 aromatic heterocycles. The summed E-state index contributed by atoms with van der Waals surface area (Å²) in [5.41, 5.74) is 6.44. The number of halogens is 1. The number of rotatable bonds is 5. The summed E-state index contributed by atoms with van der Waals surface area (Å²) in [5, 5.41) is 6.17. The highest BCUT2D eigenvalue weighted by Gasteiger charge is 2.35. The van der Waals surface area contributed by atoms with Gasteiger partial charge in [-0.1, -0.05) is 12.1 Å². The van der Waals surface area contributed by atoms with Crippen molar-refractivity contribution in [1.82, 2.24) is 29.6 Å². The number of carbonyl (C=O) groups excluding carboxylic acids is 2. The van der Waals surface area contributed by atoms with Crippen LogP contribution in [-0.4, -0.2) is 94.1 Å². The molecule has 0 spiro atoms. The van der Waals surface area contributed by atoms with Crippen molar-refractivity contribution in [3.8, 4) is 5.69 Å². The van der Waals surface area contributed by atoms with Gasteiger partial charge in [-0.15, -0.1) is 12.4 Å². The Balaban J connectivity index is 0.00000336. The van der Waals surface area contributed by atoms with E-state index in [-0.39, 0.29) is 30.2 Å². The average molecular weight is 545 g/mol. The van der Waals surface area contributed by atoms with E-state index in [9.17, 15) is 14.4 Å². The Morgan fingerprint density at radius 2 is 1.63 bits per heavy atom. The van der Waals surface area contributed by atoms with Gasteiger partial charge < -0.3 is 20.9 Å². The van der Waals surface area contributed by atoms with Crippen LogP contribution in [0.25, 0.3) is 5.69 Å². The zero-order valence-electron chi connectivity index (χ0n) is 21.9. The minimum absolute atomic E-state index is 0. The van der Waals surface area contributed by atoms with E-state index in [0.717, 1.165) is 50.2 Å². The van der Waals surface area contributed by atoms with Crippen LogP contribution in [0.15, 0.2) is 41.3 Å². The molecule has 0 aliphatic carbocycles. The van der Waals surface area contributed by atoms with Gasteiger partial charge in [-0.25, -0.2) is 9.59 Å². The van der Waals surface area contributed by atoms with Crippen LogP contribution in [0, 0.1) is 11.8 Å². The Labute approximate surface area is 228 Å². The van der Waals surface area contributed by atoms with Gasteiger partial charge in [0.1, 0.15) is 5.82 Å². The molecule has 2 unspecified atom stereocenters. The van der Waals surface area contributed by atoms with E-state index in [1.54, 1.807) is 35.9 Å². The lowest BCUT2D eigenvalue weighted by molar-refractivity contribution is -0.137. The molecular formula is C26H37ClN8O3. The lowest BCUT2D eigenvalue weighted by atomic mass is 10.0. The monoisotopic (exact) mass is 544 g/mol. The van der Waals surface area contributed by atoms with Gasteiger partial charge in [0.05, 0.1) is 11.2 Å². The van der Waals surface area contributed by atoms with E-state index in [4.69, 9.17) is 5.73 Å². The van der Waals surface area contributed by atoms with Gasteiger partial charge >= 0.3 is 11.7 Å². The molecule has 4 N–H and O–H groups in total. The molecule has 3 fully saturated rings. The molecule has 2 atom stereocenters. The van der Waals surface area contributed by atoms with Gasteiger partial charge in [0.15, 0.2) is 0 Å². The zero-order valence-corrected chi connectivity index (χ0v) is 22.7. The van der Waals surface area contributed by atoms with Crippen LogP contribution in [0.2, 0.25) is 0 Å². The Hall–Kier alpha value is -2.99. The summed E-state index contributed by atoms with van der Waals surface area (Å²) in [6, 6.07) is 9.23. The summed E-state index contributed by atoms with van der Waals surface area (Å²) in [7, 11) is 0. The molecule has 11 nitrogen and oxygen atoms in total. The van der Waals surface area contributed by atoms with Gasteiger partial charge in [-0.05, 0) is 62.5 Å². The normalized spacial score (nSPS) is 21.7. The SMILES string of the molecule is CC(C)(N)C(=O)N1CCN(C(=O)Nc2ccn(-c3ccc(CN4CC5CNCC5C4)cc3)c(=O)n2)CC1.Cl. The summed E-state index contributed by atoms with van der Waals surface area (Å²) in [4.78, 5) is 47.5. The molecule has 3 amide bonds. The molecular weight excluding hydrogens is 508 g/mol. The van der Waals surface area contributed by atoms with E-state index in [1.807, 2.05) is 12.1 Å². The number of nitrogens with one attached hydrogen (secondary N) is 2. The van der Waals surface area contributed by atoms with Gasteiger partial charge in [0.25, 0.3) is 0 Å². The maximum Gasteiger partial charge on any atom is 0.354 e. The number of likely N-dealkylation sites (tertiary alicyclic amines) is 1. The van der Waals surface area contributed by atoms with Crippen LogP contribution >= 0.6 is 12.4 Å². The fourth-order valence-electron chi connectivity index (χ4n) is 5.48. The smallest absolute Gasteiger partial charge is 0.338 e. The molecule has 5 rings (SSSR count). The van der Waals surface area contributed by atoms with Crippen LogP contribution in [-0.2, 0) is 11.3 Å². The number of aromatic nitrogens is 2. The second kappa shape index (κ2) is 11.4. The first-order valence-corrected chi connectivity index (χ1v) is 12.9. The first-order chi connectivity index (χ1) is 17.7. The quantitative estimate of drug-likeness (QED) is 0.506. The third-order valence-electron chi connectivity index (χ3n) is 7.53. The number of hydrogen-bond acceptors (Lipinski definition) is 7.